The minimum Gasteiger partial charge on any atom is -0.464 e. The number of carboxylic acid groups (broad SMARTS) is 1. The molecule has 1 aliphatic heterocycles. The van der Waals surface area contributed by atoms with Gasteiger partial charge < -0.3 is 15.2 Å². The second-order valence-corrected chi connectivity index (χ2v) is 5.38. The van der Waals surface area contributed by atoms with E-state index < -0.39 is 17.8 Å². The van der Waals surface area contributed by atoms with Crippen LogP contribution in [-0.4, -0.2) is 59.1 Å². The number of hydrazine groups is 1. The number of nitrogens with zero attached hydrogens (tertiary/aromatic N) is 2. The fourth-order valence-corrected chi connectivity index (χ4v) is 1.72. The third-order valence-corrected chi connectivity index (χ3v) is 2.55. The Morgan fingerprint density at radius 3 is 2.50 bits per heavy atom. The standard InChI is InChI=1S/C11H21N3O4/c1-11(2,3)18-9(15)12-8-5-6-13(4)14(7-8)10(16)17/h8H,5-7H2,1-4H3,(H,12,15)(H,16,17)/t8-/m1/s1. The molecule has 1 saturated heterocycles. The Labute approximate surface area is 107 Å². The zero-order valence-electron chi connectivity index (χ0n) is 11.3. The molecule has 0 aliphatic carbocycles. The summed E-state index contributed by atoms with van der Waals surface area (Å²) < 4.78 is 5.13. The topological polar surface area (TPSA) is 82.1 Å². The fraction of sp³-hybridized carbons (Fsp3) is 0.818. The smallest absolute Gasteiger partial charge is 0.422 e. The zero-order chi connectivity index (χ0) is 13.9. The molecule has 18 heavy (non-hydrogen) atoms. The maximum absolute atomic E-state index is 11.6. The van der Waals surface area contributed by atoms with Gasteiger partial charge in [-0.3, -0.25) is 0 Å². The maximum Gasteiger partial charge on any atom is 0.422 e. The minimum absolute atomic E-state index is 0.216. The molecule has 0 aromatic carbocycles. The van der Waals surface area contributed by atoms with E-state index >= 15 is 0 Å². The Bertz CT molecular complexity index is 327. The summed E-state index contributed by atoms with van der Waals surface area (Å²) in [4.78, 5) is 22.5. The quantitative estimate of drug-likeness (QED) is 0.737. The Morgan fingerprint density at radius 1 is 1.39 bits per heavy atom. The summed E-state index contributed by atoms with van der Waals surface area (Å²) in [7, 11) is 1.71. The SMILES string of the molecule is CN1CC[C@@H](NC(=O)OC(C)(C)C)CN1C(=O)O. The monoisotopic (exact) mass is 259 g/mol. The highest BCUT2D eigenvalue weighted by Crippen LogP contribution is 2.11. The molecule has 2 amide bonds. The number of carbonyl (C=O) groups excluding carboxylic acids is 1. The van der Waals surface area contributed by atoms with E-state index in [0.29, 0.717) is 13.0 Å². The van der Waals surface area contributed by atoms with Crippen molar-refractivity contribution in [2.24, 2.45) is 0 Å². The van der Waals surface area contributed by atoms with Gasteiger partial charge in [0.2, 0.25) is 0 Å². The molecule has 0 radical (unpaired) electrons. The highest BCUT2D eigenvalue weighted by Gasteiger charge is 2.29. The summed E-state index contributed by atoms with van der Waals surface area (Å²) >= 11 is 0. The van der Waals surface area contributed by atoms with Crippen LogP contribution in [0.1, 0.15) is 27.2 Å². The van der Waals surface area contributed by atoms with Gasteiger partial charge in [0.1, 0.15) is 5.60 Å². The van der Waals surface area contributed by atoms with Crippen LogP contribution in [0.5, 0.6) is 0 Å². The van der Waals surface area contributed by atoms with Crippen LogP contribution in [0.15, 0.2) is 0 Å². The van der Waals surface area contributed by atoms with Gasteiger partial charge in [-0.15, -0.1) is 0 Å². The van der Waals surface area contributed by atoms with Crippen molar-refractivity contribution in [3.05, 3.63) is 0 Å². The van der Waals surface area contributed by atoms with Gasteiger partial charge in [-0.05, 0) is 27.2 Å². The number of alkyl carbamates (subject to hydrolysis) is 1. The van der Waals surface area contributed by atoms with E-state index in [-0.39, 0.29) is 12.6 Å². The van der Waals surface area contributed by atoms with Gasteiger partial charge in [-0.25, -0.2) is 19.6 Å². The van der Waals surface area contributed by atoms with E-state index in [9.17, 15) is 9.59 Å². The summed E-state index contributed by atoms with van der Waals surface area (Å²) in [5.41, 5.74) is -0.554. The first kappa shape index (κ1) is 14.6. The van der Waals surface area contributed by atoms with Crippen LogP contribution < -0.4 is 5.32 Å². The Balaban J connectivity index is 2.49. The predicted molar refractivity (Wildman–Crippen MR) is 65.1 cm³/mol. The number of rotatable bonds is 1. The predicted octanol–water partition coefficient (Wildman–Crippen LogP) is 1.11. The van der Waals surface area contributed by atoms with Crippen molar-refractivity contribution in [1.82, 2.24) is 15.3 Å². The summed E-state index contributed by atoms with van der Waals surface area (Å²) in [6.07, 6.45) is -0.838. The minimum atomic E-state index is -1.02. The van der Waals surface area contributed by atoms with Gasteiger partial charge in [0, 0.05) is 13.6 Å². The highest BCUT2D eigenvalue weighted by molar-refractivity contribution is 5.68. The number of amides is 2. The number of hydrogen-bond acceptors (Lipinski definition) is 4. The van der Waals surface area contributed by atoms with Crippen LogP contribution in [0.3, 0.4) is 0 Å². The van der Waals surface area contributed by atoms with E-state index in [1.165, 1.54) is 5.01 Å². The van der Waals surface area contributed by atoms with Crippen LogP contribution >= 0.6 is 0 Å². The molecule has 0 aromatic rings. The second-order valence-electron chi connectivity index (χ2n) is 5.38. The molecule has 1 heterocycles. The van der Waals surface area contributed by atoms with E-state index in [0.717, 1.165) is 0 Å². The lowest BCUT2D eigenvalue weighted by atomic mass is 10.1. The molecule has 0 unspecified atom stereocenters. The first-order valence-corrected chi connectivity index (χ1v) is 5.90. The third kappa shape index (κ3) is 4.40. The highest BCUT2D eigenvalue weighted by atomic mass is 16.6. The lowest BCUT2D eigenvalue weighted by molar-refractivity contribution is -0.0240. The number of carbonyl (C=O) groups is 2. The van der Waals surface area contributed by atoms with E-state index in [4.69, 9.17) is 9.84 Å². The van der Waals surface area contributed by atoms with Crippen molar-refractivity contribution < 1.29 is 19.4 Å². The molecule has 1 fully saturated rings. The Hall–Kier alpha value is -1.50. The van der Waals surface area contributed by atoms with Crippen LogP contribution in [0.4, 0.5) is 9.59 Å². The summed E-state index contributed by atoms with van der Waals surface area (Å²) in [6.45, 7) is 6.16. The van der Waals surface area contributed by atoms with Crippen LogP contribution in [-0.2, 0) is 4.74 Å². The van der Waals surface area contributed by atoms with Crippen molar-refractivity contribution in [2.45, 2.75) is 38.8 Å². The molecule has 1 aliphatic rings. The normalized spacial score (nSPS) is 21.6. The van der Waals surface area contributed by atoms with Crippen molar-refractivity contribution in [3.63, 3.8) is 0 Å². The molecular weight excluding hydrogens is 238 g/mol. The molecule has 7 heteroatoms. The van der Waals surface area contributed by atoms with Crippen molar-refractivity contribution in [3.8, 4) is 0 Å². The van der Waals surface area contributed by atoms with E-state index in [2.05, 4.69) is 5.32 Å². The van der Waals surface area contributed by atoms with Crippen LogP contribution in [0.25, 0.3) is 0 Å². The molecular formula is C11H21N3O4. The second kappa shape index (κ2) is 5.43. The largest absolute Gasteiger partial charge is 0.464 e. The van der Waals surface area contributed by atoms with Crippen molar-refractivity contribution in [2.75, 3.05) is 20.1 Å². The number of nitrogens with one attached hydrogen (secondary N) is 1. The van der Waals surface area contributed by atoms with Gasteiger partial charge in [0.25, 0.3) is 0 Å². The van der Waals surface area contributed by atoms with Gasteiger partial charge in [0.05, 0.1) is 12.6 Å². The van der Waals surface area contributed by atoms with Gasteiger partial charge in [0.15, 0.2) is 0 Å². The van der Waals surface area contributed by atoms with E-state index in [1.54, 1.807) is 32.8 Å². The van der Waals surface area contributed by atoms with Gasteiger partial charge >= 0.3 is 12.2 Å². The number of hydrogen-bond donors (Lipinski definition) is 2. The van der Waals surface area contributed by atoms with Gasteiger partial charge in [-0.1, -0.05) is 0 Å². The fourth-order valence-electron chi connectivity index (χ4n) is 1.72. The van der Waals surface area contributed by atoms with Crippen LogP contribution in [0, 0.1) is 0 Å². The Morgan fingerprint density at radius 2 is 2.00 bits per heavy atom. The molecule has 1 atom stereocenters. The molecule has 0 saturated carbocycles. The maximum atomic E-state index is 11.6. The average molecular weight is 259 g/mol. The number of ether oxygens (including phenoxy) is 1. The summed E-state index contributed by atoms with van der Waals surface area (Å²) in [5.74, 6) is 0. The summed E-state index contributed by atoms with van der Waals surface area (Å²) in [6, 6.07) is -0.216. The lowest BCUT2D eigenvalue weighted by Crippen LogP contribution is -2.57. The van der Waals surface area contributed by atoms with Crippen molar-refractivity contribution in [1.29, 1.82) is 0 Å². The average Bonchev–Trinajstić information content (AvgIpc) is 2.17. The lowest BCUT2D eigenvalue weighted by Gasteiger charge is -2.38. The van der Waals surface area contributed by atoms with Crippen molar-refractivity contribution >= 4 is 12.2 Å². The third-order valence-electron chi connectivity index (χ3n) is 2.55. The molecule has 0 bridgehead atoms. The molecule has 0 spiro atoms. The molecule has 7 nitrogen and oxygen atoms in total. The Kier molecular flexibility index (Phi) is 4.39. The van der Waals surface area contributed by atoms with Crippen LogP contribution in [0.2, 0.25) is 0 Å². The van der Waals surface area contributed by atoms with Gasteiger partial charge in [-0.2, -0.15) is 0 Å². The first-order chi connectivity index (χ1) is 8.19. The molecule has 2 N–H and O–H groups in total. The molecule has 0 aromatic heterocycles. The molecule has 104 valence electrons. The zero-order valence-corrected chi connectivity index (χ0v) is 11.3. The summed E-state index contributed by atoms with van der Waals surface area (Å²) in [5, 5.41) is 14.5. The first-order valence-electron chi connectivity index (χ1n) is 5.90. The molecule has 1 rings (SSSR count). The van der Waals surface area contributed by atoms with E-state index in [1.807, 2.05) is 0 Å².